The van der Waals surface area contributed by atoms with E-state index in [2.05, 4.69) is 13.8 Å². The van der Waals surface area contributed by atoms with Crippen LogP contribution in [0.3, 0.4) is 0 Å². The summed E-state index contributed by atoms with van der Waals surface area (Å²) in [6, 6.07) is 0. The molecule has 0 aromatic rings. The Morgan fingerprint density at radius 2 is 1.10 bits per heavy atom. The molecule has 1 radical (unpaired) electrons. The topological polar surface area (TPSA) is 19.9 Å². The average Bonchev–Trinajstić information content (AvgIpc) is 2.45. The first kappa shape index (κ1) is 19.5. The third-order valence-electron chi connectivity index (χ3n) is 3.96. The lowest BCUT2D eigenvalue weighted by molar-refractivity contribution is 0.275. The highest BCUT2D eigenvalue weighted by molar-refractivity contribution is 4.90. The van der Waals surface area contributed by atoms with Crippen molar-refractivity contribution >= 4 is 0 Å². The third kappa shape index (κ3) is 15.6. The fraction of sp³-hybridized carbons (Fsp3) is 0.895. The normalized spacial score (nSPS) is 12.0. The quantitative estimate of drug-likeness (QED) is 0.223. The van der Waals surface area contributed by atoms with Crippen LogP contribution in [0.2, 0.25) is 0 Å². The van der Waals surface area contributed by atoms with Gasteiger partial charge in [0.1, 0.15) is 0 Å². The summed E-state index contributed by atoms with van der Waals surface area (Å²) in [4.78, 5) is 0. The van der Waals surface area contributed by atoms with Crippen molar-refractivity contribution < 1.29 is 5.11 Å². The van der Waals surface area contributed by atoms with Gasteiger partial charge in [-0.3, -0.25) is 5.11 Å². The highest BCUT2D eigenvalue weighted by atomic mass is 16.3. The third-order valence-corrected chi connectivity index (χ3v) is 3.96. The van der Waals surface area contributed by atoms with Crippen LogP contribution >= 0.6 is 0 Å². The molecule has 20 heavy (non-hydrogen) atoms. The molecule has 0 amide bonds. The van der Waals surface area contributed by atoms with Gasteiger partial charge in [0.2, 0.25) is 0 Å². The fourth-order valence-electron chi connectivity index (χ4n) is 2.55. The first-order valence-corrected chi connectivity index (χ1v) is 9.17. The van der Waals surface area contributed by atoms with E-state index in [-0.39, 0.29) is 0 Å². The standard InChI is InChI=1S/C19H37O/c1-3-5-7-9-11-13-15-17-19(20)18-16-14-12-10-8-6-4-2/h17H,3-16,18H2,1-2H3. The zero-order valence-electron chi connectivity index (χ0n) is 14.1. The molecule has 0 atom stereocenters. The second-order valence-electron chi connectivity index (χ2n) is 6.10. The lowest BCUT2D eigenvalue weighted by Gasteiger charge is -2.01. The summed E-state index contributed by atoms with van der Waals surface area (Å²) in [5, 5.41) is 11.7. The highest BCUT2D eigenvalue weighted by Gasteiger charge is 1.97. The van der Waals surface area contributed by atoms with E-state index in [1.54, 1.807) is 0 Å². The molecule has 0 N–H and O–H groups in total. The van der Waals surface area contributed by atoms with Crippen LogP contribution in [0.25, 0.3) is 0 Å². The van der Waals surface area contributed by atoms with Crippen LogP contribution in [0.15, 0.2) is 11.8 Å². The zero-order chi connectivity index (χ0) is 14.9. The Bertz CT molecular complexity index is 208. The first-order chi connectivity index (χ1) is 9.81. The summed E-state index contributed by atoms with van der Waals surface area (Å²) in [7, 11) is 0. The van der Waals surface area contributed by atoms with Crippen LogP contribution in [0, 0.1) is 0 Å². The van der Waals surface area contributed by atoms with Crippen molar-refractivity contribution in [2.24, 2.45) is 0 Å². The van der Waals surface area contributed by atoms with Gasteiger partial charge >= 0.3 is 0 Å². The van der Waals surface area contributed by atoms with E-state index in [9.17, 15) is 5.11 Å². The minimum absolute atomic E-state index is 0.382. The van der Waals surface area contributed by atoms with Crippen LogP contribution < -0.4 is 0 Å². The summed E-state index contributed by atoms with van der Waals surface area (Å²) >= 11 is 0. The molecule has 0 bridgehead atoms. The minimum Gasteiger partial charge on any atom is -0.295 e. The fourth-order valence-corrected chi connectivity index (χ4v) is 2.55. The molecule has 0 saturated carbocycles. The molecule has 0 heterocycles. The molecule has 0 aromatic carbocycles. The summed E-state index contributed by atoms with van der Waals surface area (Å²) in [6.45, 7) is 4.49. The maximum atomic E-state index is 11.7. The molecule has 0 unspecified atom stereocenters. The Morgan fingerprint density at radius 1 is 0.650 bits per heavy atom. The number of allylic oxidation sites excluding steroid dienone is 2. The minimum atomic E-state index is 0.382. The molecule has 0 spiro atoms. The Hall–Kier alpha value is -0.460. The smallest absolute Gasteiger partial charge is 0.151 e. The highest BCUT2D eigenvalue weighted by Crippen LogP contribution is 2.13. The SMILES string of the molecule is CCCCCCCCC=C([O])CCCCCCCCC. The Balaban J connectivity index is 3.25. The van der Waals surface area contributed by atoms with Gasteiger partial charge in [-0.25, -0.2) is 0 Å². The molecule has 119 valence electrons. The van der Waals surface area contributed by atoms with Gasteiger partial charge in [0, 0.05) is 6.42 Å². The van der Waals surface area contributed by atoms with E-state index in [0.29, 0.717) is 5.76 Å². The van der Waals surface area contributed by atoms with E-state index in [1.165, 1.54) is 77.0 Å². The van der Waals surface area contributed by atoms with Crippen molar-refractivity contribution in [3.8, 4) is 0 Å². The Morgan fingerprint density at radius 3 is 1.65 bits per heavy atom. The second-order valence-corrected chi connectivity index (χ2v) is 6.10. The van der Waals surface area contributed by atoms with Crippen LogP contribution in [0.4, 0.5) is 0 Å². The molecular weight excluding hydrogens is 244 g/mol. The van der Waals surface area contributed by atoms with Crippen LogP contribution in [0.5, 0.6) is 0 Å². The maximum absolute atomic E-state index is 11.7. The predicted molar refractivity (Wildman–Crippen MR) is 89.4 cm³/mol. The largest absolute Gasteiger partial charge is 0.295 e. The van der Waals surface area contributed by atoms with Crippen LogP contribution in [-0.2, 0) is 5.11 Å². The van der Waals surface area contributed by atoms with Gasteiger partial charge in [-0.15, -0.1) is 0 Å². The number of hydrogen-bond donors (Lipinski definition) is 0. The van der Waals surface area contributed by atoms with E-state index in [1.807, 2.05) is 6.08 Å². The van der Waals surface area contributed by atoms with Crippen molar-refractivity contribution in [1.82, 2.24) is 0 Å². The van der Waals surface area contributed by atoms with Crippen molar-refractivity contribution in [2.45, 2.75) is 110 Å². The lowest BCUT2D eigenvalue weighted by Crippen LogP contribution is -1.84. The van der Waals surface area contributed by atoms with Gasteiger partial charge in [0.25, 0.3) is 0 Å². The van der Waals surface area contributed by atoms with Gasteiger partial charge in [0.15, 0.2) is 5.76 Å². The van der Waals surface area contributed by atoms with Gasteiger partial charge in [0.05, 0.1) is 0 Å². The summed E-state index contributed by atoms with van der Waals surface area (Å²) in [6.07, 6.45) is 20.6. The average molecular weight is 282 g/mol. The maximum Gasteiger partial charge on any atom is 0.151 e. The molecule has 0 aliphatic heterocycles. The van der Waals surface area contributed by atoms with Gasteiger partial charge < -0.3 is 0 Å². The molecule has 1 heteroatoms. The van der Waals surface area contributed by atoms with E-state index >= 15 is 0 Å². The van der Waals surface area contributed by atoms with Gasteiger partial charge in [-0.1, -0.05) is 84.5 Å². The lowest BCUT2D eigenvalue weighted by atomic mass is 10.1. The monoisotopic (exact) mass is 281 g/mol. The predicted octanol–water partition coefficient (Wildman–Crippen LogP) is 7.19. The first-order valence-electron chi connectivity index (χ1n) is 9.17. The molecule has 0 aromatic heterocycles. The van der Waals surface area contributed by atoms with Crippen LogP contribution in [0.1, 0.15) is 110 Å². The molecule has 1 nitrogen and oxygen atoms in total. The molecule has 0 rings (SSSR count). The van der Waals surface area contributed by atoms with Crippen LogP contribution in [-0.4, -0.2) is 0 Å². The Kier molecular flexibility index (Phi) is 16.2. The Labute approximate surface area is 127 Å². The molecular formula is C19H37O. The number of hydrogen-bond acceptors (Lipinski definition) is 0. The van der Waals surface area contributed by atoms with Gasteiger partial charge in [-0.2, -0.15) is 0 Å². The van der Waals surface area contributed by atoms with E-state index in [4.69, 9.17) is 0 Å². The molecule has 0 saturated heterocycles. The second kappa shape index (κ2) is 16.6. The summed E-state index contributed by atoms with van der Waals surface area (Å²) in [5.41, 5.74) is 0. The van der Waals surface area contributed by atoms with E-state index in [0.717, 1.165) is 19.3 Å². The molecule has 0 aliphatic carbocycles. The summed E-state index contributed by atoms with van der Waals surface area (Å²) in [5.74, 6) is 0.382. The van der Waals surface area contributed by atoms with Crippen molar-refractivity contribution in [3.63, 3.8) is 0 Å². The zero-order valence-corrected chi connectivity index (χ0v) is 14.1. The van der Waals surface area contributed by atoms with Gasteiger partial charge in [-0.05, 0) is 25.3 Å². The molecule has 0 fully saturated rings. The molecule has 0 aliphatic rings. The van der Waals surface area contributed by atoms with E-state index < -0.39 is 0 Å². The van der Waals surface area contributed by atoms with Crippen molar-refractivity contribution in [3.05, 3.63) is 11.8 Å². The number of rotatable bonds is 15. The van der Waals surface area contributed by atoms with Crippen molar-refractivity contribution in [2.75, 3.05) is 0 Å². The van der Waals surface area contributed by atoms with Crippen molar-refractivity contribution in [1.29, 1.82) is 0 Å². The number of unbranched alkanes of at least 4 members (excludes halogenated alkanes) is 12. The summed E-state index contributed by atoms with van der Waals surface area (Å²) < 4.78 is 0.